The molecule has 3 nitrogen and oxygen atoms in total. The number of aromatic nitrogens is 1. The summed E-state index contributed by atoms with van der Waals surface area (Å²) in [5.74, 6) is 0. The highest BCUT2D eigenvalue weighted by molar-refractivity contribution is 7.09. The standard InChI is InChI=1S/C17H24N2OS/c1-4-17(5-2,20-3)15(18)11-16-19-14(12-21-16)13-9-7-6-8-10-13/h6-10,12,15H,4-5,11,18H2,1-3H3. The molecule has 2 rings (SSSR count). The molecule has 21 heavy (non-hydrogen) atoms. The maximum Gasteiger partial charge on any atom is 0.0949 e. The molecule has 0 aliphatic rings. The van der Waals surface area contributed by atoms with Gasteiger partial charge >= 0.3 is 0 Å². The second-order valence-corrected chi connectivity index (χ2v) is 6.22. The third kappa shape index (κ3) is 3.51. The lowest BCUT2D eigenvalue weighted by atomic mass is 9.87. The average molecular weight is 304 g/mol. The number of methoxy groups -OCH3 is 1. The number of nitrogens with zero attached hydrogens (tertiary/aromatic N) is 1. The van der Waals surface area contributed by atoms with E-state index in [-0.39, 0.29) is 11.6 Å². The predicted octanol–water partition coefficient (Wildman–Crippen LogP) is 3.89. The Kier molecular flexibility index (Phi) is 5.51. The molecular weight excluding hydrogens is 280 g/mol. The summed E-state index contributed by atoms with van der Waals surface area (Å²) in [4.78, 5) is 4.72. The van der Waals surface area contributed by atoms with Crippen LogP contribution in [-0.2, 0) is 11.2 Å². The molecule has 0 radical (unpaired) electrons. The molecule has 0 aliphatic carbocycles. The molecule has 0 saturated carbocycles. The topological polar surface area (TPSA) is 48.1 Å². The van der Waals surface area contributed by atoms with Crippen LogP contribution in [-0.4, -0.2) is 23.7 Å². The first-order chi connectivity index (χ1) is 10.1. The van der Waals surface area contributed by atoms with Crippen LogP contribution in [0.15, 0.2) is 35.7 Å². The SMILES string of the molecule is CCC(CC)(OC)C(N)Cc1nc(-c2ccccc2)cs1. The zero-order valence-corrected chi connectivity index (χ0v) is 13.8. The lowest BCUT2D eigenvalue weighted by Crippen LogP contribution is -2.50. The molecule has 1 atom stereocenters. The summed E-state index contributed by atoms with van der Waals surface area (Å²) >= 11 is 1.67. The van der Waals surface area contributed by atoms with E-state index in [1.165, 1.54) is 0 Å². The van der Waals surface area contributed by atoms with Gasteiger partial charge in [-0.05, 0) is 12.8 Å². The van der Waals surface area contributed by atoms with Gasteiger partial charge < -0.3 is 10.5 Å². The van der Waals surface area contributed by atoms with Gasteiger partial charge in [-0.25, -0.2) is 4.98 Å². The summed E-state index contributed by atoms with van der Waals surface area (Å²) < 4.78 is 5.71. The Labute approximate surface area is 131 Å². The van der Waals surface area contributed by atoms with E-state index in [1.54, 1.807) is 18.4 Å². The average Bonchev–Trinajstić information content (AvgIpc) is 2.99. The van der Waals surface area contributed by atoms with Crippen molar-refractivity contribution in [1.82, 2.24) is 4.98 Å². The fraction of sp³-hybridized carbons (Fsp3) is 0.471. The smallest absolute Gasteiger partial charge is 0.0949 e. The quantitative estimate of drug-likeness (QED) is 0.844. The van der Waals surface area contributed by atoms with Crippen LogP contribution in [0.1, 0.15) is 31.7 Å². The molecule has 0 saturated heterocycles. The number of ether oxygens (including phenoxy) is 1. The Morgan fingerprint density at radius 1 is 1.24 bits per heavy atom. The maximum atomic E-state index is 6.41. The summed E-state index contributed by atoms with van der Waals surface area (Å²) in [5, 5.41) is 3.17. The molecular formula is C17H24N2OS. The van der Waals surface area contributed by atoms with Crippen LogP contribution in [0, 0.1) is 0 Å². The van der Waals surface area contributed by atoms with Crippen LogP contribution in [0.25, 0.3) is 11.3 Å². The van der Waals surface area contributed by atoms with Crippen molar-refractivity contribution in [1.29, 1.82) is 0 Å². The third-order valence-electron chi connectivity index (χ3n) is 4.30. The molecule has 0 bridgehead atoms. The van der Waals surface area contributed by atoms with Crippen LogP contribution < -0.4 is 5.73 Å². The highest BCUT2D eigenvalue weighted by atomic mass is 32.1. The van der Waals surface area contributed by atoms with E-state index >= 15 is 0 Å². The first-order valence-corrected chi connectivity index (χ1v) is 8.33. The van der Waals surface area contributed by atoms with Gasteiger partial charge in [-0.1, -0.05) is 44.2 Å². The predicted molar refractivity (Wildman–Crippen MR) is 89.6 cm³/mol. The molecule has 2 aromatic rings. The zero-order chi connectivity index (χ0) is 15.3. The van der Waals surface area contributed by atoms with E-state index in [0.717, 1.165) is 35.5 Å². The van der Waals surface area contributed by atoms with Gasteiger partial charge in [0.1, 0.15) is 0 Å². The van der Waals surface area contributed by atoms with Gasteiger partial charge in [0.05, 0.1) is 16.3 Å². The van der Waals surface area contributed by atoms with E-state index in [2.05, 4.69) is 31.4 Å². The number of rotatable bonds is 7. The number of thiazole rings is 1. The molecule has 2 N–H and O–H groups in total. The molecule has 1 unspecified atom stereocenters. The number of benzene rings is 1. The summed E-state index contributed by atoms with van der Waals surface area (Å²) in [6.45, 7) is 4.26. The van der Waals surface area contributed by atoms with Crippen molar-refractivity contribution in [2.75, 3.05) is 7.11 Å². The minimum atomic E-state index is -0.251. The Morgan fingerprint density at radius 3 is 2.48 bits per heavy atom. The van der Waals surface area contributed by atoms with Crippen molar-refractivity contribution in [2.24, 2.45) is 5.73 Å². The van der Waals surface area contributed by atoms with Crippen molar-refractivity contribution in [2.45, 2.75) is 44.8 Å². The Morgan fingerprint density at radius 2 is 1.90 bits per heavy atom. The van der Waals surface area contributed by atoms with Crippen LogP contribution >= 0.6 is 11.3 Å². The summed E-state index contributed by atoms with van der Waals surface area (Å²) in [6.07, 6.45) is 2.59. The van der Waals surface area contributed by atoms with Crippen molar-refractivity contribution in [3.05, 3.63) is 40.7 Å². The number of nitrogens with two attached hydrogens (primary N) is 1. The largest absolute Gasteiger partial charge is 0.377 e. The molecule has 1 aromatic carbocycles. The van der Waals surface area contributed by atoms with E-state index in [0.29, 0.717) is 0 Å². The number of hydrogen-bond acceptors (Lipinski definition) is 4. The molecule has 1 heterocycles. The fourth-order valence-electron chi connectivity index (χ4n) is 2.73. The van der Waals surface area contributed by atoms with Gasteiger partial charge in [0, 0.05) is 30.5 Å². The second-order valence-electron chi connectivity index (χ2n) is 5.28. The highest BCUT2D eigenvalue weighted by Gasteiger charge is 2.33. The van der Waals surface area contributed by atoms with Crippen LogP contribution in [0.3, 0.4) is 0 Å². The molecule has 0 amide bonds. The minimum Gasteiger partial charge on any atom is -0.377 e. The number of hydrogen-bond donors (Lipinski definition) is 1. The third-order valence-corrected chi connectivity index (χ3v) is 5.17. The van der Waals surface area contributed by atoms with Crippen molar-refractivity contribution in [3.8, 4) is 11.3 Å². The molecule has 4 heteroatoms. The van der Waals surface area contributed by atoms with E-state index in [9.17, 15) is 0 Å². The highest BCUT2D eigenvalue weighted by Crippen LogP contribution is 2.27. The summed E-state index contributed by atoms with van der Waals surface area (Å²) in [7, 11) is 1.75. The zero-order valence-electron chi connectivity index (χ0n) is 13.0. The van der Waals surface area contributed by atoms with Gasteiger partial charge in [0.25, 0.3) is 0 Å². The van der Waals surface area contributed by atoms with Gasteiger partial charge in [-0.3, -0.25) is 0 Å². The lowest BCUT2D eigenvalue weighted by Gasteiger charge is -2.35. The minimum absolute atomic E-state index is 0.0349. The Hall–Kier alpha value is -1.23. The monoisotopic (exact) mass is 304 g/mol. The Bertz CT molecular complexity index is 541. The van der Waals surface area contributed by atoms with Gasteiger partial charge in [-0.15, -0.1) is 11.3 Å². The first-order valence-electron chi connectivity index (χ1n) is 7.45. The summed E-state index contributed by atoms with van der Waals surface area (Å²) in [6, 6.07) is 10.2. The van der Waals surface area contributed by atoms with E-state index in [1.807, 2.05) is 18.2 Å². The van der Waals surface area contributed by atoms with Crippen LogP contribution in [0.4, 0.5) is 0 Å². The van der Waals surface area contributed by atoms with Crippen LogP contribution in [0.5, 0.6) is 0 Å². The molecule has 0 aliphatic heterocycles. The summed E-state index contributed by atoms with van der Waals surface area (Å²) in [5.41, 5.74) is 8.33. The molecule has 114 valence electrons. The van der Waals surface area contributed by atoms with Gasteiger partial charge in [0.2, 0.25) is 0 Å². The van der Waals surface area contributed by atoms with Crippen molar-refractivity contribution < 1.29 is 4.74 Å². The van der Waals surface area contributed by atoms with Crippen LogP contribution in [0.2, 0.25) is 0 Å². The lowest BCUT2D eigenvalue weighted by molar-refractivity contribution is -0.0374. The Balaban J connectivity index is 2.12. The molecule has 0 spiro atoms. The van der Waals surface area contributed by atoms with Crippen molar-refractivity contribution >= 4 is 11.3 Å². The van der Waals surface area contributed by atoms with Gasteiger partial charge in [-0.2, -0.15) is 0 Å². The normalized spacial score (nSPS) is 13.3. The molecule has 0 fully saturated rings. The maximum absolute atomic E-state index is 6.41. The van der Waals surface area contributed by atoms with E-state index < -0.39 is 0 Å². The van der Waals surface area contributed by atoms with E-state index in [4.69, 9.17) is 15.5 Å². The second kappa shape index (κ2) is 7.16. The fourth-order valence-corrected chi connectivity index (χ4v) is 3.60. The molecule has 1 aromatic heterocycles. The van der Waals surface area contributed by atoms with Gasteiger partial charge in [0.15, 0.2) is 0 Å². The van der Waals surface area contributed by atoms with Crippen molar-refractivity contribution in [3.63, 3.8) is 0 Å². The first kappa shape index (κ1) is 16.1.